The number of amides is 1. The molecule has 2 aliphatic heterocycles. The summed E-state index contributed by atoms with van der Waals surface area (Å²) < 4.78 is 12.8. The number of guanidine groups is 1. The molecule has 1 amide bonds. The van der Waals surface area contributed by atoms with E-state index in [1.165, 1.54) is 0 Å². The largest absolute Gasteiger partial charge is 0.501 e. The van der Waals surface area contributed by atoms with Gasteiger partial charge in [-0.3, -0.25) is 14.1 Å². The third-order valence-electron chi connectivity index (χ3n) is 7.35. The Morgan fingerprint density at radius 2 is 1.95 bits per heavy atom. The Morgan fingerprint density at radius 3 is 2.67 bits per heavy atom. The molecule has 12 heteroatoms. The van der Waals surface area contributed by atoms with Crippen molar-refractivity contribution in [2.45, 2.75) is 19.9 Å². The van der Waals surface area contributed by atoms with Crippen LogP contribution in [0.25, 0.3) is 11.2 Å². The van der Waals surface area contributed by atoms with Crippen molar-refractivity contribution in [1.82, 2.24) is 19.5 Å². The van der Waals surface area contributed by atoms with Crippen molar-refractivity contribution in [3.05, 3.63) is 75.6 Å². The van der Waals surface area contributed by atoms with Gasteiger partial charge in [-0.05, 0) is 42.4 Å². The SMILES string of the molecule is CCN1CCN(c2ccc(NC3=NCc4cc(=C5CC(OC)=CC(OC)=C5Cl)c5nncn5c4=N3)cc2)C(=O)C1. The molecule has 6 rings (SSSR count). The number of anilines is 2. The lowest BCUT2D eigenvalue weighted by Crippen LogP contribution is -2.50. The molecule has 1 fully saturated rings. The van der Waals surface area contributed by atoms with Crippen LogP contribution < -0.4 is 20.9 Å². The van der Waals surface area contributed by atoms with Gasteiger partial charge in [0, 0.05) is 47.7 Å². The van der Waals surface area contributed by atoms with Crippen LogP contribution in [-0.2, 0) is 20.8 Å². The normalized spacial score (nSPS) is 19.2. The number of piperazine rings is 1. The Balaban J connectivity index is 1.30. The zero-order valence-corrected chi connectivity index (χ0v) is 23.3. The summed E-state index contributed by atoms with van der Waals surface area (Å²) in [5.41, 5.74) is 4.78. The van der Waals surface area contributed by atoms with E-state index < -0.39 is 0 Å². The minimum Gasteiger partial charge on any atom is -0.501 e. The van der Waals surface area contributed by atoms with Crippen molar-refractivity contribution in [2.24, 2.45) is 9.98 Å². The molecule has 0 radical (unpaired) electrons. The molecule has 3 aromatic rings. The number of hydrogen-bond donors (Lipinski definition) is 1. The zero-order chi connectivity index (χ0) is 27.8. The van der Waals surface area contributed by atoms with Crippen LogP contribution in [0.2, 0.25) is 0 Å². The van der Waals surface area contributed by atoms with Crippen LogP contribution >= 0.6 is 11.6 Å². The number of rotatable bonds is 5. The highest BCUT2D eigenvalue weighted by molar-refractivity contribution is 6.36. The maximum atomic E-state index is 12.6. The second-order valence-corrected chi connectivity index (χ2v) is 10.00. The monoisotopic (exact) mass is 560 g/mol. The van der Waals surface area contributed by atoms with Crippen molar-refractivity contribution in [3.8, 4) is 0 Å². The highest BCUT2D eigenvalue weighted by Crippen LogP contribution is 2.33. The number of methoxy groups -OCH3 is 2. The molecule has 1 aliphatic carbocycles. The van der Waals surface area contributed by atoms with E-state index in [-0.39, 0.29) is 5.91 Å². The van der Waals surface area contributed by atoms with Gasteiger partial charge in [-0.15, -0.1) is 10.2 Å². The first-order valence-electron chi connectivity index (χ1n) is 13.1. The molecule has 1 N–H and O–H groups in total. The summed E-state index contributed by atoms with van der Waals surface area (Å²) in [6.45, 7) is 5.37. The maximum absolute atomic E-state index is 12.6. The number of likely N-dealkylation sites (N-methyl/N-ethyl adjacent to an activating group) is 1. The molecule has 2 aromatic heterocycles. The zero-order valence-electron chi connectivity index (χ0n) is 22.5. The number of carbonyl (C=O) groups excluding carboxylic acids is 1. The van der Waals surface area contributed by atoms with Gasteiger partial charge in [0.15, 0.2) is 5.65 Å². The van der Waals surface area contributed by atoms with Crippen molar-refractivity contribution >= 4 is 46.1 Å². The Hall–Kier alpha value is -4.22. The molecule has 0 spiro atoms. The van der Waals surface area contributed by atoms with Gasteiger partial charge >= 0.3 is 0 Å². The van der Waals surface area contributed by atoms with Gasteiger partial charge in [0.1, 0.15) is 23.3 Å². The molecular weight excluding hydrogens is 532 g/mol. The summed E-state index contributed by atoms with van der Waals surface area (Å²) in [6, 6.07) is 9.76. The second-order valence-electron chi connectivity index (χ2n) is 9.62. The summed E-state index contributed by atoms with van der Waals surface area (Å²) in [4.78, 5) is 26.0. The van der Waals surface area contributed by atoms with E-state index >= 15 is 0 Å². The Morgan fingerprint density at radius 1 is 1.12 bits per heavy atom. The molecule has 3 aliphatic rings. The van der Waals surface area contributed by atoms with Crippen LogP contribution in [0.15, 0.2) is 69.3 Å². The quantitative estimate of drug-likeness (QED) is 0.509. The van der Waals surface area contributed by atoms with E-state index in [0.717, 1.165) is 46.6 Å². The van der Waals surface area contributed by atoms with Crippen LogP contribution in [-0.4, -0.2) is 71.8 Å². The van der Waals surface area contributed by atoms with Gasteiger partial charge in [0.25, 0.3) is 0 Å². The molecule has 0 unspecified atom stereocenters. The molecule has 1 saturated heterocycles. The number of allylic oxidation sites excluding steroid dienone is 3. The van der Waals surface area contributed by atoms with E-state index in [0.29, 0.717) is 53.9 Å². The summed E-state index contributed by atoms with van der Waals surface area (Å²) in [7, 11) is 3.20. The standard InChI is InChI=1S/C28H29ClN8O3/c1-4-35-9-10-36(24(38)15-35)19-7-5-18(6-8-19)32-28-30-14-17-11-22(27-34-31-16-37(27)26(17)33-28)21-12-20(39-2)13-23(40-3)25(21)29/h5-8,11,13,16H,4,9-10,12,14-15H2,1-3H3,(H,30,32). The second kappa shape index (κ2) is 10.7. The predicted molar refractivity (Wildman–Crippen MR) is 152 cm³/mol. The van der Waals surface area contributed by atoms with Crippen molar-refractivity contribution in [3.63, 3.8) is 0 Å². The van der Waals surface area contributed by atoms with Gasteiger partial charge in [0.05, 0.1) is 32.3 Å². The third-order valence-corrected chi connectivity index (χ3v) is 7.76. The topological polar surface area (TPSA) is 109 Å². The van der Waals surface area contributed by atoms with Crippen LogP contribution in [0.5, 0.6) is 0 Å². The number of fused-ring (bicyclic) bond motifs is 3. The minimum absolute atomic E-state index is 0.116. The highest BCUT2D eigenvalue weighted by Gasteiger charge is 2.24. The average Bonchev–Trinajstić information content (AvgIpc) is 3.48. The van der Waals surface area contributed by atoms with E-state index in [1.54, 1.807) is 26.6 Å². The Labute approximate surface area is 235 Å². The first kappa shape index (κ1) is 26.0. The third kappa shape index (κ3) is 4.71. The first-order valence-corrected chi connectivity index (χ1v) is 13.4. The number of nitrogens with zero attached hydrogens (tertiary/aromatic N) is 7. The maximum Gasteiger partial charge on any atom is 0.241 e. The minimum atomic E-state index is 0.116. The fourth-order valence-electron chi connectivity index (χ4n) is 5.13. The summed E-state index contributed by atoms with van der Waals surface area (Å²) >= 11 is 6.73. The number of nitrogens with one attached hydrogen (secondary N) is 1. The summed E-state index contributed by atoms with van der Waals surface area (Å²) in [5.74, 6) is 1.86. The molecule has 0 saturated carbocycles. The number of pyridine rings is 1. The van der Waals surface area contributed by atoms with Crippen molar-refractivity contribution < 1.29 is 14.3 Å². The number of aliphatic imine (C=N–C) groups is 1. The van der Waals surface area contributed by atoms with E-state index in [1.807, 2.05) is 39.6 Å². The highest BCUT2D eigenvalue weighted by atomic mass is 35.5. The Kier molecular flexibility index (Phi) is 6.99. The van der Waals surface area contributed by atoms with Crippen molar-refractivity contribution in [1.29, 1.82) is 0 Å². The van der Waals surface area contributed by atoms with Gasteiger partial charge in [-0.1, -0.05) is 18.5 Å². The first-order chi connectivity index (χ1) is 19.5. The molecule has 0 bridgehead atoms. The lowest BCUT2D eigenvalue weighted by molar-refractivity contribution is -0.121. The molecular formula is C28H29ClN8O3. The average molecular weight is 561 g/mol. The number of hydrogen-bond acceptors (Lipinski definition) is 9. The Bertz CT molecular complexity index is 1710. The molecule has 11 nitrogen and oxygen atoms in total. The van der Waals surface area contributed by atoms with Crippen LogP contribution in [0.1, 0.15) is 18.9 Å². The van der Waals surface area contributed by atoms with E-state index in [4.69, 9.17) is 26.1 Å². The molecule has 1 aromatic carbocycles. The lowest BCUT2D eigenvalue weighted by atomic mass is 10.0. The molecule has 40 heavy (non-hydrogen) atoms. The predicted octanol–water partition coefficient (Wildman–Crippen LogP) is 2.18. The fraction of sp³-hybridized carbons (Fsp3) is 0.321. The van der Waals surface area contributed by atoms with Crippen LogP contribution in [0.3, 0.4) is 0 Å². The molecule has 206 valence electrons. The van der Waals surface area contributed by atoms with Crippen LogP contribution in [0.4, 0.5) is 11.4 Å². The van der Waals surface area contributed by atoms with Crippen molar-refractivity contribution in [2.75, 3.05) is 50.6 Å². The number of aromatic nitrogens is 3. The molecule has 4 heterocycles. The van der Waals surface area contributed by atoms with Gasteiger partial charge in [-0.2, -0.15) is 4.99 Å². The number of carbonyl (C=O) groups is 1. The van der Waals surface area contributed by atoms with Crippen LogP contribution in [0, 0.1) is 0 Å². The van der Waals surface area contributed by atoms with E-state index in [2.05, 4.69) is 32.3 Å². The number of ether oxygens (including phenoxy) is 2. The fourth-order valence-corrected chi connectivity index (χ4v) is 5.43. The number of halogens is 1. The van der Waals surface area contributed by atoms with E-state index in [9.17, 15) is 4.79 Å². The van der Waals surface area contributed by atoms with Gasteiger partial charge in [-0.25, -0.2) is 4.99 Å². The van der Waals surface area contributed by atoms with Gasteiger partial charge < -0.3 is 19.7 Å². The molecule has 0 atom stereocenters. The van der Waals surface area contributed by atoms with Gasteiger partial charge in [0.2, 0.25) is 11.9 Å². The summed E-state index contributed by atoms with van der Waals surface area (Å²) in [6.07, 6.45) is 3.92. The smallest absolute Gasteiger partial charge is 0.241 e. The lowest BCUT2D eigenvalue weighted by Gasteiger charge is -2.33. The summed E-state index contributed by atoms with van der Waals surface area (Å²) in [5, 5.41) is 13.1. The number of benzene rings is 1.